The third kappa shape index (κ3) is 2.59. The van der Waals surface area contributed by atoms with Crippen molar-refractivity contribution in [2.45, 2.75) is 10.9 Å². The van der Waals surface area contributed by atoms with Crippen molar-refractivity contribution in [3.63, 3.8) is 0 Å². The molecule has 1 aliphatic rings. The maximum absolute atomic E-state index is 12.3. The molecule has 0 spiro atoms. The van der Waals surface area contributed by atoms with Gasteiger partial charge in [0.05, 0.1) is 10.9 Å². The summed E-state index contributed by atoms with van der Waals surface area (Å²) in [5, 5.41) is 0. The van der Waals surface area contributed by atoms with E-state index in [1.165, 1.54) is 0 Å². The fourth-order valence-corrected chi connectivity index (χ4v) is 3.59. The second kappa shape index (κ2) is 5.20. The van der Waals surface area contributed by atoms with Gasteiger partial charge in [0.25, 0.3) is 0 Å². The van der Waals surface area contributed by atoms with Gasteiger partial charge in [-0.2, -0.15) is 0 Å². The number of benzene rings is 2. The van der Waals surface area contributed by atoms with Crippen LogP contribution in [0.1, 0.15) is 11.6 Å². The minimum atomic E-state index is -3.55. The first-order valence-electron chi connectivity index (χ1n) is 6.06. The van der Waals surface area contributed by atoms with Gasteiger partial charge in [0.2, 0.25) is 10.0 Å². The number of hydrogen-bond acceptors (Lipinski definition) is 3. The van der Waals surface area contributed by atoms with Crippen molar-refractivity contribution >= 4 is 26.0 Å². The van der Waals surface area contributed by atoms with Gasteiger partial charge in [0.1, 0.15) is 12.4 Å². The molecule has 0 aliphatic carbocycles. The van der Waals surface area contributed by atoms with E-state index >= 15 is 0 Å². The Bertz CT molecular complexity index is 728. The first-order valence-corrected chi connectivity index (χ1v) is 8.33. The highest BCUT2D eigenvalue weighted by molar-refractivity contribution is 9.10. The fraction of sp³-hybridized carbons (Fsp3) is 0.143. The number of fused-ring (bicyclic) bond motifs is 1. The second-order valence-corrected chi connectivity index (χ2v) is 7.11. The molecule has 2 aromatic carbocycles. The molecule has 0 saturated carbocycles. The number of hydrogen-bond donors (Lipinski definition) is 1. The van der Waals surface area contributed by atoms with Gasteiger partial charge in [-0.25, -0.2) is 13.1 Å². The topological polar surface area (TPSA) is 55.4 Å². The zero-order valence-electron chi connectivity index (χ0n) is 10.4. The fourth-order valence-electron chi connectivity index (χ4n) is 2.13. The van der Waals surface area contributed by atoms with Crippen LogP contribution in [0.3, 0.4) is 0 Å². The minimum Gasteiger partial charge on any atom is -0.491 e. The third-order valence-electron chi connectivity index (χ3n) is 3.12. The molecule has 1 unspecified atom stereocenters. The molecule has 0 aromatic heterocycles. The molecule has 0 bridgehead atoms. The van der Waals surface area contributed by atoms with Crippen molar-refractivity contribution in [3.8, 4) is 5.75 Å². The van der Waals surface area contributed by atoms with E-state index in [1.54, 1.807) is 24.3 Å². The van der Waals surface area contributed by atoms with Crippen molar-refractivity contribution in [3.05, 3.63) is 58.6 Å². The molecule has 1 aliphatic heterocycles. The van der Waals surface area contributed by atoms with Crippen LogP contribution < -0.4 is 9.46 Å². The summed E-state index contributed by atoms with van der Waals surface area (Å²) in [6, 6.07) is 13.6. The van der Waals surface area contributed by atoms with Gasteiger partial charge in [-0.3, -0.25) is 0 Å². The largest absolute Gasteiger partial charge is 0.491 e. The molecule has 6 heteroatoms. The first-order chi connectivity index (χ1) is 9.56. The third-order valence-corrected chi connectivity index (χ3v) is 5.14. The number of nitrogens with one attached hydrogen (secondary N) is 1. The van der Waals surface area contributed by atoms with Crippen molar-refractivity contribution in [2.75, 3.05) is 6.61 Å². The Balaban J connectivity index is 1.86. The van der Waals surface area contributed by atoms with E-state index in [0.717, 1.165) is 15.8 Å². The Morgan fingerprint density at radius 3 is 2.55 bits per heavy atom. The van der Waals surface area contributed by atoms with Crippen molar-refractivity contribution < 1.29 is 13.2 Å². The predicted octanol–water partition coefficient (Wildman–Crippen LogP) is 2.86. The molecule has 2 aromatic rings. The SMILES string of the molecule is O=S(=O)(NC1COc2ccccc21)c1ccc(Br)cc1. The molecule has 0 amide bonds. The number of halogens is 1. The highest BCUT2D eigenvalue weighted by atomic mass is 79.9. The van der Waals surface area contributed by atoms with E-state index in [2.05, 4.69) is 20.7 Å². The van der Waals surface area contributed by atoms with E-state index in [-0.39, 0.29) is 10.9 Å². The van der Waals surface area contributed by atoms with E-state index in [4.69, 9.17) is 4.74 Å². The van der Waals surface area contributed by atoms with Crippen LogP contribution >= 0.6 is 15.9 Å². The van der Waals surface area contributed by atoms with E-state index < -0.39 is 10.0 Å². The number of para-hydroxylation sites is 1. The lowest BCUT2D eigenvalue weighted by molar-refractivity contribution is 0.325. The van der Waals surface area contributed by atoms with Crippen LogP contribution in [0.2, 0.25) is 0 Å². The molecular weight excluding hydrogens is 342 g/mol. The summed E-state index contributed by atoms with van der Waals surface area (Å²) in [7, 11) is -3.55. The summed E-state index contributed by atoms with van der Waals surface area (Å²) in [4.78, 5) is 0.241. The Morgan fingerprint density at radius 2 is 1.80 bits per heavy atom. The Kier molecular flexibility index (Phi) is 3.54. The molecule has 1 atom stereocenters. The van der Waals surface area contributed by atoms with Gasteiger partial charge in [0.15, 0.2) is 0 Å². The average Bonchev–Trinajstić information content (AvgIpc) is 2.82. The summed E-state index contributed by atoms with van der Waals surface area (Å²) in [6.45, 7) is 0.315. The lowest BCUT2D eigenvalue weighted by atomic mass is 10.1. The van der Waals surface area contributed by atoms with Crippen LogP contribution in [0.5, 0.6) is 5.75 Å². The number of ether oxygens (including phenoxy) is 1. The van der Waals surface area contributed by atoms with E-state index in [9.17, 15) is 8.42 Å². The zero-order valence-corrected chi connectivity index (χ0v) is 12.8. The number of rotatable bonds is 3. The van der Waals surface area contributed by atoms with E-state index in [0.29, 0.717) is 6.61 Å². The van der Waals surface area contributed by atoms with Crippen LogP contribution in [0.25, 0.3) is 0 Å². The lowest BCUT2D eigenvalue weighted by Gasteiger charge is -2.12. The molecule has 0 saturated heterocycles. The summed E-state index contributed by atoms with van der Waals surface area (Å²) in [5.74, 6) is 0.732. The van der Waals surface area contributed by atoms with Gasteiger partial charge >= 0.3 is 0 Å². The maximum Gasteiger partial charge on any atom is 0.241 e. The molecule has 4 nitrogen and oxygen atoms in total. The van der Waals surface area contributed by atoms with Crippen molar-refractivity contribution in [1.29, 1.82) is 0 Å². The van der Waals surface area contributed by atoms with Gasteiger partial charge in [-0.1, -0.05) is 34.1 Å². The van der Waals surface area contributed by atoms with Crippen LogP contribution in [0.15, 0.2) is 57.9 Å². The highest BCUT2D eigenvalue weighted by Gasteiger charge is 2.28. The molecule has 3 rings (SSSR count). The maximum atomic E-state index is 12.3. The molecule has 0 radical (unpaired) electrons. The minimum absolute atomic E-state index is 0.241. The first kappa shape index (κ1) is 13.6. The molecular formula is C14H12BrNO3S. The van der Waals surface area contributed by atoms with Gasteiger partial charge in [-0.15, -0.1) is 0 Å². The monoisotopic (exact) mass is 353 g/mol. The summed E-state index contributed by atoms with van der Waals surface area (Å²) >= 11 is 3.29. The normalized spacial score (nSPS) is 17.6. The van der Waals surface area contributed by atoms with E-state index in [1.807, 2.05) is 24.3 Å². The average molecular weight is 354 g/mol. The quantitative estimate of drug-likeness (QED) is 0.922. The van der Waals surface area contributed by atoms with Crippen LogP contribution in [-0.4, -0.2) is 15.0 Å². The highest BCUT2D eigenvalue weighted by Crippen LogP contribution is 2.32. The van der Waals surface area contributed by atoms with Gasteiger partial charge in [0, 0.05) is 10.0 Å². The molecule has 104 valence electrons. The molecule has 1 N–H and O–H groups in total. The Morgan fingerprint density at radius 1 is 1.10 bits per heavy atom. The standard InChI is InChI=1S/C14H12BrNO3S/c15-10-5-7-11(8-6-10)20(17,18)16-13-9-19-14-4-2-1-3-12(13)14/h1-8,13,16H,9H2. The molecule has 20 heavy (non-hydrogen) atoms. The Hall–Kier alpha value is -1.37. The van der Waals surface area contributed by atoms with Gasteiger partial charge in [-0.05, 0) is 30.3 Å². The lowest BCUT2D eigenvalue weighted by Crippen LogP contribution is -2.29. The Labute approximate surface area is 126 Å². The summed E-state index contributed by atoms with van der Waals surface area (Å²) < 4.78 is 33.6. The second-order valence-electron chi connectivity index (χ2n) is 4.48. The number of sulfonamides is 1. The van der Waals surface area contributed by atoms with Crippen molar-refractivity contribution in [1.82, 2.24) is 4.72 Å². The molecule has 1 heterocycles. The predicted molar refractivity (Wildman–Crippen MR) is 79.1 cm³/mol. The summed E-state index contributed by atoms with van der Waals surface area (Å²) in [6.07, 6.45) is 0. The van der Waals surface area contributed by atoms with Crippen LogP contribution in [-0.2, 0) is 10.0 Å². The zero-order chi connectivity index (χ0) is 14.2. The molecule has 0 fully saturated rings. The van der Waals surface area contributed by atoms with Crippen LogP contribution in [0, 0.1) is 0 Å². The van der Waals surface area contributed by atoms with Gasteiger partial charge < -0.3 is 4.74 Å². The van der Waals surface area contributed by atoms with Crippen molar-refractivity contribution in [2.24, 2.45) is 0 Å². The summed E-state index contributed by atoms with van der Waals surface area (Å²) in [5.41, 5.74) is 0.869. The smallest absolute Gasteiger partial charge is 0.241 e. The van der Waals surface area contributed by atoms with Crippen LogP contribution in [0.4, 0.5) is 0 Å².